The molecule has 1 saturated carbocycles. The van der Waals surface area contributed by atoms with Crippen molar-refractivity contribution in [3.8, 4) is 0 Å². The van der Waals surface area contributed by atoms with Crippen LogP contribution in [0.25, 0.3) is 0 Å². The van der Waals surface area contributed by atoms with Gasteiger partial charge in [0.25, 0.3) is 0 Å². The van der Waals surface area contributed by atoms with Gasteiger partial charge in [0.2, 0.25) is 0 Å². The average Bonchev–Trinajstić information content (AvgIpc) is 2.86. The molecule has 126 valence electrons. The zero-order valence-corrected chi connectivity index (χ0v) is 13.1. The highest BCUT2D eigenvalue weighted by molar-refractivity contribution is 5.81. The van der Waals surface area contributed by atoms with E-state index in [0.29, 0.717) is 25.7 Å². The molecule has 0 aromatic heterocycles. The van der Waals surface area contributed by atoms with Crippen LogP contribution in [0.2, 0.25) is 0 Å². The predicted octanol–water partition coefficient (Wildman–Crippen LogP) is 1.30. The van der Waals surface area contributed by atoms with Gasteiger partial charge in [-0.25, -0.2) is 0 Å². The quantitative estimate of drug-likeness (QED) is 0.650. The van der Waals surface area contributed by atoms with Crippen LogP contribution in [0.15, 0.2) is 24.3 Å². The van der Waals surface area contributed by atoms with E-state index in [-0.39, 0.29) is 0 Å². The van der Waals surface area contributed by atoms with Crippen molar-refractivity contribution in [2.45, 2.75) is 56.0 Å². The molecule has 0 aliphatic heterocycles. The Morgan fingerprint density at radius 3 is 1.61 bits per heavy atom. The standard InChI is InChI=1S/C10H11NO2.C7H13NO2/c11-10(9(12)13)5-7-3-1-2-4-8(7)6-10;8-7(6(9)10)4-2-1-3-5-7/h1-4H,5-6,11H2,(H,12,13);1-5,8H2,(H,9,10). The van der Waals surface area contributed by atoms with Gasteiger partial charge in [0.05, 0.1) is 0 Å². The lowest BCUT2D eigenvalue weighted by Crippen LogP contribution is -2.49. The molecule has 0 bridgehead atoms. The van der Waals surface area contributed by atoms with E-state index in [2.05, 4.69) is 0 Å². The number of nitrogens with two attached hydrogens (primary N) is 2. The van der Waals surface area contributed by atoms with Gasteiger partial charge in [-0.1, -0.05) is 43.5 Å². The van der Waals surface area contributed by atoms with Crippen molar-refractivity contribution >= 4 is 11.9 Å². The van der Waals surface area contributed by atoms with Crippen LogP contribution < -0.4 is 11.5 Å². The van der Waals surface area contributed by atoms with Crippen molar-refractivity contribution in [3.05, 3.63) is 35.4 Å². The Labute approximate surface area is 135 Å². The Hall–Kier alpha value is -1.92. The molecule has 6 nitrogen and oxygen atoms in total. The topological polar surface area (TPSA) is 127 Å². The van der Waals surface area contributed by atoms with Gasteiger partial charge < -0.3 is 21.7 Å². The van der Waals surface area contributed by atoms with Gasteiger partial charge in [-0.05, 0) is 24.0 Å². The first kappa shape index (κ1) is 17.4. The summed E-state index contributed by atoms with van der Waals surface area (Å²) in [6, 6.07) is 7.69. The number of hydrogen-bond donors (Lipinski definition) is 4. The molecule has 6 heteroatoms. The van der Waals surface area contributed by atoms with Crippen LogP contribution in [0.1, 0.15) is 43.2 Å². The van der Waals surface area contributed by atoms with Gasteiger partial charge in [0, 0.05) is 12.8 Å². The second kappa shape index (κ2) is 6.68. The highest BCUT2D eigenvalue weighted by atomic mass is 16.4. The number of carbonyl (C=O) groups is 2. The minimum absolute atomic E-state index is 0.443. The van der Waals surface area contributed by atoms with E-state index >= 15 is 0 Å². The van der Waals surface area contributed by atoms with Crippen molar-refractivity contribution < 1.29 is 19.8 Å². The van der Waals surface area contributed by atoms with Crippen LogP contribution in [-0.4, -0.2) is 33.2 Å². The number of benzene rings is 1. The Morgan fingerprint density at radius 2 is 1.26 bits per heavy atom. The number of aliphatic carboxylic acids is 2. The lowest BCUT2D eigenvalue weighted by Gasteiger charge is -2.28. The normalized spacial score (nSPS) is 20.8. The molecule has 2 aliphatic carbocycles. The van der Waals surface area contributed by atoms with Crippen LogP contribution in [0.5, 0.6) is 0 Å². The molecular formula is C17H24N2O4. The molecular weight excluding hydrogens is 296 g/mol. The molecule has 1 fully saturated rings. The van der Waals surface area contributed by atoms with Crippen molar-refractivity contribution in [2.24, 2.45) is 11.5 Å². The Morgan fingerprint density at radius 1 is 0.826 bits per heavy atom. The van der Waals surface area contributed by atoms with Crippen LogP contribution in [0, 0.1) is 0 Å². The third kappa shape index (κ3) is 3.89. The van der Waals surface area contributed by atoms with Crippen LogP contribution in [0.4, 0.5) is 0 Å². The van der Waals surface area contributed by atoms with Gasteiger partial charge in [-0.3, -0.25) is 9.59 Å². The molecule has 1 aromatic carbocycles. The van der Waals surface area contributed by atoms with E-state index in [1.54, 1.807) is 0 Å². The van der Waals surface area contributed by atoms with Gasteiger partial charge >= 0.3 is 11.9 Å². The van der Waals surface area contributed by atoms with Gasteiger partial charge in [0.15, 0.2) is 0 Å². The molecule has 6 N–H and O–H groups in total. The number of carboxylic acid groups (broad SMARTS) is 2. The molecule has 0 saturated heterocycles. The van der Waals surface area contributed by atoms with Crippen molar-refractivity contribution in [1.82, 2.24) is 0 Å². The van der Waals surface area contributed by atoms with E-state index in [1.165, 1.54) is 0 Å². The first-order valence-electron chi connectivity index (χ1n) is 7.88. The second-order valence-corrected chi connectivity index (χ2v) is 6.61. The maximum absolute atomic E-state index is 10.9. The van der Waals surface area contributed by atoms with Crippen LogP contribution >= 0.6 is 0 Å². The molecule has 0 radical (unpaired) electrons. The summed E-state index contributed by atoms with van der Waals surface area (Å²) in [7, 11) is 0. The first-order valence-corrected chi connectivity index (χ1v) is 7.88. The van der Waals surface area contributed by atoms with Crippen molar-refractivity contribution in [2.75, 3.05) is 0 Å². The Balaban J connectivity index is 0.000000174. The van der Waals surface area contributed by atoms with E-state index in [9.17, 15) is 9.59 Å². The Bertz CT molecular complexity index is 569. The van der Waals surface area contributed by atoms with Crippen molar-refractivity contribution in [1.29, 1.82) is 0 Å². The number of fused-ring (bicyclic) bond motifs is 1. The lowest BCUT2D eigenvalue weighted by atomic mass is 9.83. The summed E-state index contributed by atoms with van der Waals surface area (Å²) >= 11 is 0. The van der Waals surface area contributed by atoms with Gasteiger partial charge in [-0.2, -0.15) is 0 Å². The number of carboxylic acids is 2. The third-order valence-electron chi connectivity index (χ3n) is 4.73. The monoisotopic (exact) mass is 320 g/mol. The van der Waals surface area contributed by atoms with E-state index in [1.807, 2.05) is 24.3 Å². The summed E-state index contributed by atoms with van der Waals surface area (Å²) in [5, 5.41) is 17.6. The highest BCUT2D eigenvalue weighted by Crippen LogP contribution is 2.28. The Kier molecular flexibility index (Phi) is 5.06. The molecule has 0 atom stereocenters. The van der Waals surface area contributed by atoms with Crippen LogP contribution in [0.3, 0.4) is 0 Å². The molecule has 23 heavy (non-hydrogen) atoms. The maximum Gasteiger partial charge on any atom is 0.324 e. The molecule has 0 heterocycles. The fourth-order valence-corrected chi connectivity index (χ4v) is 3.19. The maximum atomic E-state index is 10.9. The summed E-state index contributed by atoms with van der Waals surface area (Å²) in [4.78, 5) is 21.4. The zero-order chi connectivity index (χ0) is 17.1. The third-order valence-corrected chi connectivity index (χ3v) is 4.73. The minimum Gasteiger partial charge on any atom is -0.480 e. The fourth-order valence-electron chi connectivity index (χ4n) is 3.19. The summed E-state index contributed by atoms with van der Waals surface area (Å²) < 4.78 is 0. The smallest absolute Gasteiger partial charge is 0.324 e. The summed E-state index contributed by atoms with van der Waals surface area (Å²) in [5.41, 5.74) is 11.5. The summed E-state index contributed by atoms with van der Waals surface area (Å²) in [5.74, 6) is -1.75. The fraction of sp³-hybridized carbons (Fsp3) is 0.529. The number of hydrogen-bond acceptors (Lipinski definition) is 4. The van der Waals surface area contributed by atoms with Crippen LogP contribution in [-0.2, 0) is 22.4 Å². The summed E-state index contributed by atoms with van der Waals surface area (Å²) in [6.45, 7) is 0. The minimum atomic E-state index is -1.08. The number of rotatable bonds is 2. The molecule has 0 amide bonds. The van der Waals surface area contributed by atoms with E-state index in [4.69, 9.17) is 21.7 Å². The van der Waals surface area contributed by atoms with Gasteiger partial charge in [-0.15, -0.1) is 0 Å². The van der Waals surface area contributed by atoms with Crippen molar-refractivity contribution in [3.63, 3.8) is 0 Å². The first-order chi connectivity index (χ1) is 10.8. The van der Waals surface area contributed by atoms with Gasteiger partial charge in [0.1, 0.15) is 11.1 Å². The predicted molar refractivity (Wildman–Crippen MR) is 86.0 cm³/mol. The molecule has 2 aliphatic rings. The van der Waals surface area contributed by atoms with E-state index in [0.717, 1.165) is 30.4 Å². The highest BCUT2D eigenvalue weighted by Gasteiger charge is 2.40. The summed E-state index contributed by atoms with van der Waals surface area (Å²) in [6.07, 6.45) is 5.22. The largest absolute Gasteiger partial charge is 0.480 e. The molecule has 0 spiro atoms. The SMILES string of the molecule is NC1(C(=O)O)CCCCC1.NC1(C(=O)O)Cc2ccccc2C1. The lowest BCUT2D eigenvalue weighted by molar-refractivity contribution is -0.144. The molecule has 0 unspecified atom stereocenters. The zero-order valence-electron chi connectivity index (χ0n) is 13.1. The van der Waals surface area contributed by atoms with E-state index < -0.39 is 23.0 Å². The average molecular weight is 320 g/mol. The molecule has 1 aromatic rings. The second-order valence-electron chi connectivity index (χ2n) is 6.61. The molecule has 3 rings (SSSR count).